The fourth-order valence-electron chi connectivity index (χ4n) is 2.41. The average Bonchev–Trinajstić information content (AvgIpc) is 3.26. The Bertz CT molecular complexity index is 516. The normalized spacial score (nSPS) is 17.2. The van der Waals surface area contributed by atoms with Gasteiger partial charge in [-0.15, -0.1) is 11.8 Å². The summed E-state index contributed by atoms with van der Waals surface area (Å²) in [4.78, 5) is 1.36. The first-order chi connectivity index (χ1) is 10.0. The minimum atomic E-state index is -0.327. The van der Waals surface area contributed by atoms with Crippen molar-refractivity contribution in [2.45, 2.75) is 69.4 Å². The highest BCUT2D eigenvalue weighted by Gasteiger charge is 2.31. The van der Waals surface area contributed by atoms with Gasteiger partial charge in [0, 0.05) is 10.9 Å². The van der Waals surface area contributed by atoms with Gasteiger partial charge in [0.1, 0.15) is 5.54 Å². The Kier molecular flexibility index (Phi) is 5.72. The molecule has 0 bridgehead atoms. The summed E-state index contributed by atoms with van der Waals surface area (Å²) in [6.45, 7) is 6.36. The van der Waals surface area contributed by atoms with Crippen LogP contribution in [-0.2, 0) is 0 Å². The number of nitriles is 1. The predicted octanol–water partition coefficient (Wildman–Crippen LogP) is 4.60. The minimum Gasteiger partial charge on any atom is -0.297 e. The monoisotopic (exact) mass is 302 g/mol. The van der Waals surface area contributed by atoms with Crippen LogP contribution < -0.4 is 5.32 Å². The van der Waals surface area contributed by atoms with E-state index >= 15 is 0 Å². The summed E-state index contributed by atoms with van der Waals surface area (Å²) < 4.78 is 0. The first kappa shape index (κ1) is 16.4. The zero-order valence-electron chi connectivity index (χ0n) is 13.4. The lowest BCUT2D eigenvalue weighted by atomic mass is 9.96. The lowest BCUT2D eigenvalue weighted by Gasteiger charge is -2.23. The minimum absolute atomic E-state index is 0.327. The van der Waals surface area contributed by atoms with E-state index in [1.165, 1.54) is 35.3 Å². The molecule has 1 aromatic rings. The fourth-order valence-corrected chi connectivity index (χ4v) is 3.42. The quantitative estimate of drug-likeness (QED) is 0.563. The van der Waals surface area contributed by atoms with E-state index in [1.54, 1.807) is 0 Å². The van der Waals surface area contributed by atoms with Crippen LogP contribution in [-0.4, -0.2) is 17.3 Å². The third-order valence-corrected chi connectivity index (χ3v) is 5.25. The van der Waals surface area contributed by atoms with Crippen LogP contribution in [0.5, 0.6) is 0 Å². The zero-order valence-corrected chi connectivity index (χ0v) is 14.2. The van der Waals surface area contributed by atoms with E-state index in [-0.39, 0.29) is 5.54 Å². The third kappa shape index (κ3) is 5.37. The van der Waals surface area contributed by atoms with Gasteiger partial charge < -0.3 is 0 Å². The van der Waals surface area contributed by atoms with Gasteiger partial charge in [0.05, 0.1) is 6.07 Å². The van der Waals surface area contributed by atoms with Crippen molar-refractivity contribution in [1.82, 2.24) is 5.32 Å². The Hall–Kier alpha value is -0.980. The van der Waals surface area contributed by atoms with Crippen molar-refractivity contribution in [3.05, 3.63) is 29.3 Å². The first-order valence-corrected chi connectivity index (χ1v) is 8.90. The highest BCUT2D eigenvalue weighted by atomic mass is 32.2. The van der Waals surface area contributed by atoms with Gasteiger partial charge in [-0.05, 0) is 81.9 Å². The van der Waals surface area contributed by atoms with Gasteiger partial charge in [-0.2, -0.15) is 5.26 Å². The number of unbranched alkanes of at least 4 members (excludes halogenated alkanes) is 1. The number of hydrogen-bond donors (Lipinski definition) is 1. The van der Waals surface area contributed by atoms with E-state index in [0.29, 0.717) is 6.04 Å². The number of nitrogens with one attached hydrogen (secondary N) is 1. The molecule has 21 heavy (non-hydrogen) atoms. The average molecular weight is 302 g/mol. The van der Waals surface area contributed by atoms with E-state index < -0.39 is 0 Å². The Morgan fingerprint density at radius 1 is 1.29 bits per heavy atom. The Labute approximate surface area is 133 Å². The molecule has 1 atom stereocenters. The van der Waals surface area contributed by atoms with Crippen molar-refractivity contribution < 1.29 is 0 Å². The summed E-state index contributed by atoms with van der Waals surface area (Å²) in [5.74, 6) is 1.13. The number of nitrogens with zero attached hydrogens (tertiary/aromatic N) is 1. The van der Waals surface area contributed by atoms with Gasteiger partial charge in [-0.25, -0.2) is 0 Å². The van der Waals surface area contributed by atoms with Gasteiger partial charge in [-0.3, -0.25) is 5.32 Å². The maximum absolute atomic E-state index is 9.34. The summed E-state index contributed by atoms with van der Waals surface area (Å²) in [5, 5.41) is 12.8. The van der Waals surface area contributed by atoms with Crippen LogP contribution in [0.3, 0.4) is 0 Å². The molecule has 1 N–H and O–H groups in total. The van der Waals surface area contributed by atoms with E-state index in [2.05, 4.69) is 43.4 Å². The molecule has 1 aliphatic carbocycles. The molecule has 0 spiro atoms. The molecule has 1 saturated carbocycles. The van der Waals surface area contributed by atoms with Crippen molar-refractivity contribution in [3.63, 3.8) is 0 Å². The number of benzene rings is 1. The number of hydrogen-bond acceptors (Lipinski definition) is 3. The van der Waals surface area contributed by atoms with Gasteiger partial charge in [0.15, 0.2) is 0 Å². The molecular formula is C18H26N2S. The topological polar surface area (TPSA) is 35.8 Å². The van der Waals surface area contributed by atoms with Gasteiger partial charge in [0.25, 0.3) is 0 Å². The van der Waals surface area contributed by atoms with Crippen molar-refractivity contribution in [1.29, 1.82) is 5.26 Å². The molecular weight excluding hydrogens is 276 g/mol. The van der Waals surface area contributed by atoms with Crippen LogP contribution in [0.2, 0.25) is 0 Å². The van der Waals surface area contributed by atoms with Crippen LogP contribution in [0.4, 0.5) is 0 Å². The molecule has 1 aromatic carbocycles. The standard InChI is InChI=1S/C18H26N2S/c1-14-6-9-17(12-15(14)2)21-11-5-4-10-18(3,13-19)20-16-7-8-16/h6,9,12,16,20H,4-5,7-8,10-11H2,1-3H3. The van der Waals surface area contributed by atoms with E-state index in [4.69, 9.17) is 0 Å². The lowest BCUT2D eigenvalue weighted by molar-refractivity contribution is 0.402. The molecule has 0 amide bonds. The summed E-state index contributed by atoms with van der Waals surface area (Å²) >= 11 is 1.92. The van der Waals surface area contributed by atoms with Crippen molar-refractivity contribution >= 4 is 11.8 Å². The molecule has 1 aliphatic rings. The van der Waals surface area contributed by atoms with Crippen LogP contribution in [0.15, 0.2) is 23.1 Å². The van der Waals surface area contributed by atoms with Crippen molar-refractivity contribution in [2.24, 2.45) is 0 Å². The molecule has 0 radical (unpaired) electrons. The number of rotatable bonds is 8. The maximum Gasteiger partial charge on any atom is 0.104 e. The summed E-state index contributed by atoms with van der Waals surface area (Å²) in [6.07, 6.45) is 5.70. The van der Waals surface area contributed by atoms with Crippen molar-refractivity contribution in [3.8, 4) is 6.07 Å². The van der Waals surface area contributed by atoms with Crippen LogP contribution in [0.1, 0.15) is 50.2 Å². The number of aryl methyl sites for hydroxylation is 2. The van der Waals surface area contributed by atoms with Crippen LogP contribution in [0.25, 0.3) is 0 Å². The summed E-state index contributed by atoms with van der Waals surface area (Å²) in [7, 11) is 0. The Morgan fingerprint density at radius 3 is 2.67 bits per heavy atom. The highest BCUT2D eigenvalue weighted by Crippen LogP contribution is 2.26. The van der Waals surface area contributed by atoms with Gasteiger partial charge in [-0.1, -0.05) is 6.07 Å². The molecule has 2 nitrogen and oxygen atoms in total. The number of thioether (sulfide) groups is 1. The SMILES string of the molecule is Cc1ccc(SCCCCC(C)(C#N)NC2CC2)cc1C. The second-order valence-corrected chi connectivity index (χ2v) is 7.58. The molecule has 0 saturated heterocycles. The van der Waals surface area contributed by atoms with Gasteiger partial charge in [0.2, 0.25) is 0 Å². The van der Waals surface area contributed by atoms with Crippen molar-refractivity contribution in [2.75, 3.05) is 5.75 Å². The largest absolute Gasteiger partial charge is 0.297 e. The van der Waals surface area contributed by atoms with Gasteiger partial charge >= 0.3 is 0 Å². The molecule has 0 heterocycles. The first-order valence-electron chi connectivity index (χ1n) is 7.91. The Balaban J connectivity index is 1.67. The van der Waals surface area contributed by atoms with Crippen LogP contribution >= 0.6 is 11.8 Å². The molecule has 3 heteroatoms. The van der Waals surface area contributed by atoms with E-state index in [9.17, 15) is 5.26 Å². The third-order valence-electron chi connectivity index (χ3n) is 4.17. The molecule has 1 unspecified atom stereocenters. The summed E-state index contributed by atoms with van der Waals surface area (Å²) in [5.41, 5.74) is 2.40. The predicted molar refractivity (Wildman–Crippen MR) is 90.7 cm³/mol. The molecule has 0 aromatic heterocycles. The van der Waals surface area contributed by atoms with E-state index in [1.807, 2.05) is 18.7 Å². The molecule has 1 fully saturated rings. The maximum atomic E-state index is 9.34. The lowest BCUT2D eigenvalue weighted by Crippen LogP contribution is -2.42. The molecule has 114 valence electrons. The second kappa shape index (κ2) is 7.33. The van der Waals surface area contributed by atoms with E-state index in [0.717, 1.165) is 18.6 Å². The zero-order chi connectivity index (χ0) is 15.3. The highest BCUT2D eigenvalue weighted by molar-refractivity contribution is 7.99. The molecule has 2 rings (SSSR count). The molecule has 0 aliphatic heterocycles. The van der Waals surface area contributed by atoms with Crippen LogP contribution in [0, 0.1) is 25.2 Å². The second-order valence-electron chi connectivity index (χ2n) is 6.41. The smallest absolute Gasteiger partial charge is 0.104 e. The summed E-state index contributed by atoms with van der Waals surface area (Å²) in [6, 6.07) is 9.73. The Morgan fingerprint density at radius 2 is 2.05 bits per heavy atom. The fraction of sp³-hybridized carbons (Fsp3) is 0.611.